The van der Waals surface area contributed by atoms with Gasteiger partial charge in [0.05, 0.1) is 22.5 Å². The summed E-state index contributed by atoms with van der Waals surface area (Å²) in [5, 5.41) is 1.16. The molecule has 2 bridgehead atoms. The van der Waals surface area contributed by atoms with Gasteiger partial charge in [0.2, 0.25) is 11.8 Å². The van der Waals surface area contributed by atoms with Crippen LogP contribution in [0.4, 0.5) is 11.4 Å². The summed E-state index contributed by atoms with van der Waals surface area (Å²) < 4.78 is 0. The minimum atomic E-state index is -0.273. The number of benzene rings is 2. The van der Waals surface area contributed by atoms with E-state index >= 15 is 0 Å². The number of aryl methyl sites for hydroxylation is 1. The van der Waals surface area contributed by atoms with Gasteiger partial charge < -0.3 is 9.88 Å². The Labute approximate surface area is 230 Å². The number of anilines is 2. The zero-order valence-electron chi connectivity index (χ0n) is 21.7. The largest absolute Gasteiger partial charge is 0.372 e. The number of fused-ring (bicyclic) bond motifs is 9. The Kier molecular flexibility index (Phi) is 5.64. The van der Waals surface area contributed by atoms with E-state index in [9.17, 15) is 14.4 Å². The lowest BCUT2D eigenvalue weighted by Crippen LogP contribution is -2.42. The highest BCUT2D eigenvalue weighted by atomic mass is 32.2. The van der Waals surface area contributed by atoms with Crippen molar-refractivity contribution >= 4 is 46.3 Å². The van der Waals surface area contributed by atoms with Gasteiger partial charge in [-0.25, -0.2) is 0 Å². The van der Waals surface area contributed by atoms with Gasteiger partial charge >= 0.3 is 4.87 Å². The lowest BCUT2D eigenvalue weighted by Gasteiger charge is -2.43. The van der Waals surface area contributed by atoms with E-state index in [0.29, 0.717) is 5.69 Å². The Morgan fingerprint density at radius 3 is 2.24 bits per heavy atom. The smallest absolute Gasteiger partial charge is 0.305 e. The van der Waals surface area contributed by atoms with Crippen LogP contribution in [-0.2, 0) is 9.59 Å². The van der Waals surface area contributed by atoms with Gasteiger partial charge in [0.25, 0.3) is 0 Å². The lowest BCUT2D eigenvalue weighted by atomic mass is 9.68. The number of thioether (sulfide) groups is 1. The summed E-state index contributed by atoms with van der Waals surface area (Å²) in [5.41, 5.74) is 4.18. The van der Waals surface area contributed by atoms with Gasteiger partial charge in [-0.05, 0) is 74.8 Å². The maximum absolute atomic E-state index is 13.9. The average molecular weight is 546 g/mol. The molecule has 1 N–H and O–H groups in total. The molecule has 0 unspecified atom stereocenters. The summed E-state index contributed by atoms with van der Waals surface area (Å²) in [6, 6.07) is 16.5. The van der Waals surface area contributed by atoms with Crippen LogP contribution in [0, 0.1) is 36.5 Å². The van der Waals surface area contributed by atoms with Gasteiger partial charge in [0.15, 0.2) is 0 Å². The molecule has 2 aliphatic carbocycles. The second-order valence-corrected chi connectivity index (χ2v) is 13.3. The van der Waals surface area contributed by atoms with Crippen LogP contribution in [0.5, 0.6) is 0 Å². The van der Waals surface area contributed by atoms with Crippen LogP contribution >= 0.6 is 23.1 Å². The van der Waals surface area contributed by atoms with Crippen LogP contribution in [0.25, 0.3) is 0 Å². The number of amides is 2. The monoisotopic (exact) mass is 545 g/mol. The maximum atomic E-state index is 13.9. The van der Waals surface area contributed by atoms with E-state index in [-0.39, 0.29) is 57.4 Å². The Bertz CT molecular complexity index is 1470. The van der Waals surface area contributed by atoms with Crippen molar-refractivity contribution in [1.82, 2.24) is 4.98 Å². The van der Waals surface area contributed by atoms with Crippen molar-refractivity contribution < 1.29 is 9.59 Å². The molecule has 3 fully saturated rings. The average Bonchev–Trinajstić information content (AvgIpc) is 3.65. The van der Waals surface area contributed by atoms with E-state index in [0.717, 1.165) is 35.0 Å². The minimum absolute atomic E-state index is 0.0301. The van der Waals surface area contributed by atoms with Crippen LogP contribution in [0.15, 0.2) is 58.4 Å². The first-order valence-corrected chi connectivity index (χ1v) is 15.3. The fourth-order valence-corrected chi connectivity index (χ4v) is 10.7. The minimum Gasteiger partial charge on any atom is -0.372 e. The van der Waals surface area contributed by atoms with Crippen LogP contribution in [-0.4, -0.2) is 35.1 Å². The third-order valence-electron chi connectivity index (χ3n) is 9.40. The molecule has 1 aromatic heterocycles. The van der Waals surface area contributed by atoms with E-state index in [4.69, 9.17) is 0 Å². The number of H-pyrrole nitrogens is 1. The Hall–Kier alpha value is -2.84. The number of aromatic amines is 1. The van der Waals surface area contributed by atoms with Crippen molar-refractivity contribution in [2.45, 2.75) is 43.4 Å². The van der Waals surface area contributed by atoms with Gasteiger partial charge in [0.1, 0.15) is 0 Å². The summed E-state index contributed by atoms with van der Waals surface area (Å²) in [4.78, 5) is 48.1. The zero-order chi connectivity index (χ0) is 26.3. The van der Waals surface area contributed by atoms with Gasteiger partial charge in [0, 0.05) is 34.8 Å². The molecule has 7 atom stereocenters. The maximum Gasteiger partial charge on any atom is 0.305 e. The Morgan fingerprint density at radius 1 is 0.921 bits per heavy atom. The number of hydrogen-bond acceptors (Lipinski definition) is 6. The van der Waals surface area contributed by atoms with E-state index in [1.165, 1.54) is 27.5 Å². The van der Waals surface area contributed by atoms with Gasteiger partial charge in [-0.2, -0.15) is 0 Å². The van der Waals surface area contributed by atoms with Crippen LogP contribution in [0.2, 0.25) is 0 Å². The van der Waals surface area contributed by atoms with Crippen LogP contribution in [0.3, 0.4) is 0 Å². The first-order valence-electron chi connectivity index (χ1n) is 13.6. The Balaban J connectivity index is 1.28. The highest BCUT2D eigenvalue weighted by Gasteiger charge is 2.69. The van der Waals surface area contributed by atoms with Crippen LogP contribution < -0.4 is 14.7 Å². The van der Waals surface area contributed by atoms with Gasteiger partial charge in [-0.1, -0.05) is 41.2 Å². The summed E-state index contributed by atoms with van der Waals surface area (Å²) in [5.74, 6) is -0.0698. The summed E-state index contributed by atoms with van der Waals surface area (Å²) in [7, 11) is 0. The molecule has 1 saturated heterocycles. The predicted octanol–water partition coefficient (Wildman–Crippen LogP) is 5.27. The fraction of sp³-hybridized carbons (Fsp3) is 0.433. The number of imide groups is 1. The van der Waals surface area contributed by atoms with Crippen molar-refractivity contribution in [3.63, 3.8) is 0 Å². The molecule has 3 aromatic rings. The number of rotatable bonds is 5. The molecule has 0 radical (unpaired) electrons. The van der Waals surface area contributed by atoms with E-state index in [1.54, 1.807) is 11.8 Å². The molecule has 7 rings (SSSR count). The molecular formula is C30H31N3O3S2. The molecule has 6 nitrogen and oxygen atoms in total. The highest BCUT2D eigenvalue weighted by Crippen LogP contribution is 2.68. The molecular weight excluding hydrogens is 514 g/mol. The molecule has 8 heteroatoms. The number of aromatic nitrogens is 1. The quantitative estimate of drug-likeness (QED) is 0.443. The topological polar surface area (TPSA) is 73.5 Å². The van der Waals surface area contributed by atoms with Crippen LogP contribution in [0.1, 0.15) is 42.2 Å². The second-order valence-electron chi connectivity index (χ2n) is 11.1. The summed E-state index contributed by atoms with van der Waals surface area (Å²) in [6.45, 7) is 8.23. The molecule has 2 saturated carbocycles. The SMILES string of the molecule is CCN(CC)c1ccc([C@H]2c3sc(=O)[nH]c3S[C@@H]3[C@H]4C[C@@H]([C@H]5C(=O)N(c6ccc(C)cc6)C(=O)[C@H]45)[C@@H]23)cc1. The number of nitrogens with one attached hydrogen (secondary N) is 1. The molecule has 2 aliphatic heterocycles. The molecule has 38 heavy (non-hydrogen) atoms. The molecule has 3 heterocycles. The molecule has 4 aliphatic rings. The number of carbonyl (C=O) groups excluding carboxylic acids is 2. The molecule has 2 aromatic carbocycles. The normalized spacial score (nSPS) is 30.9. The van der Waals surface area contributed by atoms with Gasteiger partial charge in [-0.3, -0.25) is 19.3 Å². The number of hydrogen-bond donors (Lipinski definition) is 1. The fourth-order valence-electron chi connectivity index (χ4n) is 7.82. The molecule has 2 amide bonds. The predicted molar refractivity (Wildman–Crippen MR) is 152 cm³/mol. The van der Waals surface area contributed by atoms with E-state index in [1.807, 2.05) is 31.2 Å². The van der Waals surface area contributed by atoms with Crippen molar-refractivity contribution in [1.29, 1.82) is 0 Å². The van der Waals surface area contributed by atoms with Crippen molar-refractivity contribution in [3.05, 3.63) is 74.2 Å². The number of nitrogens with zero attached hydrogens (tertiary/aromatic N) is 2. The standard InChI is InChI=1S/C30H31N3O3S2/c1-4-32(5-2)17-12-8-16(9-13-17)21-22-19-14-20(25(22)37-27-26(21)38-30(36)31-27)24-23(19)28(34)33(29(24)35)18-10-6-15(3)7-11-18/h6-13,19-25H,4-5,14H2,1-3H3,(H,31,36)/t19-,20+,21-,22+,23-,24-,25-/m1/s1. The van der Waals surface area contributed by atoms with E-state index < -0.39 is 0 Å². The summed E-state index contributed by atoms with van der Waals surface area (Å²) >= 11 is 3.05. The summed E-state index contributed by atoms with van der Waals surface area (Å²) in [6.07, 6.45) is 0.907. The zero-order valence-corrected chi connectivity index (χ0v) is 23.4. The number of carbonyl (C=O) groups is 2. The second kappa shape index (κ2) is 8.85. The van der Waals surface area contributed by atoms with Gasteiger partial charge in [-0.15, -0.1) is 11.8 Å². The first kappa shape index (κ1) is 24.2. The molecule has 196 valence electrons. The van der Waals surface area contributed by atoms with Crippen molar-refractivity contribution in [2.75, 3.05) is 22.9 Å². The first-order chi connectivity index (χ1) is 18.4. The number of thiazole rings is 1. The van der Waals surface area contributed by atoms with Crippen molar-refractivity contribution in [2.24, 2.45) is 29.6 Å². The highest BCUT2D eigenvalue weighted by molar-refractivity contribution is 8.00. The molecule has 0 spiro atoms. The third-order valence-corrected chi connectivity index (χ3v) is 12.0. The van der Waals surface area contributed by atoms with E-state index in [2.05, 4.69) is 48.0 Å². The lowest BCUT2D eigenvalue weighted by molar-refractivity contribution is -0.123. The van der Waals surface area contributed by atoms with Crippen molar-refractivity contribution in [3.8, 4) is 0 Å². The third kappa shape index (κ3) is 3.35. The Morgan fingerprint density at radius 2 is 1.58 bits per heavy atom.